The van der Waals surface area contributed by atoms with Gasteiger partial charge in [0, 0.05) is 17.7 Å². The van der Waals surface area contributed by atoms with Gasteiger partial charge < -0.3 is 20.4 Å². The highest BCUT2D eigenvalue weighted by Crippen LogP contribution is 2.21. The second-order valence-electron chi connectivity index (χ2n) is 3.95. The fourth-order valence-corrected chi connectivity index (χ4v) is 1.47. The summed E-state index contributed by atoms with van der Waals surface area (Å²) in [5, 5.41) is 46.8. The Kier molecular flexibility index (Phi) is 4.36. The SMILES string of the molecule is O=C(O)[C@H](O)[C@@](O)(C(=O)O)C(=O)c1ccc([N+](=O)[O-])cc1. The molecule has 0 saturated heterocycles. The predicted molar refractivity (Wildman–Crippen MR) is 63.7 cm³/mol. The zero-order chi connectivity index (χ0) is 16.4. The van der Waals surface area contributed by atoms with Crippen molar-refractivity contribution in [1.29, 1.82) is 0 Å². The Balaban J connectivity index is 3.27. The van der Waals surface area contributed by atoms with Crippen molar-refractivity contribution in [2.75, 3.05) is 0 Å². The van der Waals surface area contributed by atoms with Crippen LogP contribution in [0.1, 0.15) is 10.4 Å². The van der Waals surface area contributed by atoms with Crippen LogP contribution in [0.2, 0.25) is 0 Å². The molecule has 1 rings (SSSR count). The fraction of sp³-hybridized carbons (Fsp3) is 0.182. The molecule has 0 amide bonds. The van der Waals surface area contributed by atoms with Crippen LogP contribution in [0.3, 0.4) is 0 Å². The van der Waals surface area contributed by atoms with E-state index < -0.39 is 45.6 Å². The fourth-order valence-electron chi connectivity index (χ4n) is 1.47. The first-order valence-electron chi connectivity index (χ1n) is 5.28. The van der Waals surface area contributed by atoms with E-state index in [1.165, 1.54) is 0 Å². The number of ketones is 1. The second-order valence-corrected chi connectivity index (χ2v) is 3.95. The Labute approximate surface area is 116 Å². The summed E-state index contributed by atoms with van der Waals surface area (Å²) < 4.78 is 0. The predicted octanol–water partition coefficient (Wildman–Crippen LogP) is -0.961. The first-order chi connectivity index (χ1) is 9.62. The monoisotopic (exact) mass is 299 g/mol. The summed E-state index contributed by atoms with van der Waals surface area (Å²) in [6.07, 6.45) is -2.90. The molecule has 112 valence electrons. The third-order valence-electron chi connectivity index (χ3n) is 2.64. The van der Waals surface area contributed by atoms with Gasteiger partial charge in [0.2, 0.25) is 5.78 Å². The quantitative estimate of drug-likeness (QED) is 0.223. The summed E-state index contributed by atoms with van der Waals surface area (Å²) in [4.78, 5) is 43.2. The lowest BCUT2D eigenvalue weighted by Crippen LogP contribution is -2.58. The van der Waals surface area contributed by atoms with Gasteiger partial charge >= 0.3 is 11.9 Å². The molecule has 21 heavy (non-hydrogen) atoms. The number of nitro groups is 1. The Morgan fingerprint density at radius 1 is 1.14 bits per heavy atom. The van der Waals surface area contributed by atoms with Crippen LogP contribution in [0, 0.1) is 10.1 Å². The van der Waals surface area contributed by atoms with E-state index in [9.17, 15) is 34.7 Å². The molecular formula is C11H9NO9. The molecule has 10 nitrogen and oxygen atoms in total. The van der Waals surface area contributed by atoms with E-state index in [1.54, 1.807) is 0 Å². The van der Waals surface area contributed by atoms with Crippen LogP contribution >= 0.6 is 0 Å². The van der Waals surface area contributed by atoms with Crippen LogP contribution in [0.15, 0.2) is 24.3 Å². The smallest absolute Gasteiger partial charge is 0.347 e. The van der Waals surface area contributed by atoms with E-state index in [0.717, 1.165) is 24.3 Å². The number of Topliss-reactive ketones (excluding diaryl/α,β-unsaturated/α-hetero) is 1. The van der Waals surface area contributed by atoms with E-state index in [2.05, 4.69) is 0 Å². The lowest BCUT2D eigenvalue weighted by molar-refractivity contribution is -0.384. The van der Waals surface area contributed by atoms with E-state index in [4.69, 9.17) is 10.2 Å². The number of hydrogen-bond acceptors (Lipinski definition) is 7. The van der Waals surface area contributed by atoms with Gasteiger partial charge in [-0.15, -0.1) is 0 Å². The third-order valence-corrected chi connectivity index (χ3v) is 2.64. The van der Waals surface area contributed by atoms with Gasteiger partial charge in [0.05, 0.1) is 4.92 Å². The van der Waals surface area contributed by atoms with Gasteiger partial charge in [-0.2, -0.15) is 0 Å². The topological polar surface area (TPSA) is 175 Å². The Hall–Kier alpha value is -2.85. The van der Waals surface area contributed by atoms with E-state index in [0.29, 0.717) is 0 Å². The van der Waals surface area contributed by atoms with Gasteiger partial charge in [-0.25, -0.2) is 9.59 Å². The van der Waals surface area contributed by atoms with Crippen molar-refractivity contribution in [2.45, 2.75) is 11.7 Å². The molecule has 0 spiro atoms. The van der Waals surface area contributed by atoms with Crippen molar-refractivity contribution in [3.05, 3.63) is 39.9 Å². The summed E-state index contributed by atoms with van der Waals surface area (Å²) in [5.41, 5.74) is -4.52. The maximum Gasteiger partial charge on any atom is 0.347 e. The highest BCUT2D eigenvalue weighted by molar-refractivity contribution is 6.17. The Morgan fingerprint density at radius 3 is 1.95 bits per heavy atom. The van der Waals surface area contributed by atoms with Gasteiger partial charge in [-0.1, -0.05) is 0 Å². The van der Waals surface area contributed by atoms with Gasteiger partial charge in [-0.3, -0.25) is 14.9 Å². The maximum atomic E-state index is 11.9. The van der Waals surface area contributed by atoms with Crippen LogP contribution in [0.5, 0.6) is 0 Å². The summed E-state index contributed by atoms with van der Waals surface area (Å²) in [5.74, 6) is -5.99. The zero-order valence-corrected chi connectivity index (χ0v) is 10.2. The number of carbonyl (C=O) groups is 3. The molecule has 0 saturated carbocycles. The molecule has 0 heterocycles. The number of carboxylic acid groups (broad SMARTS) is 2. The Morgan fingerprint density at radius 2 is 1.62 bits per heavy atom. The van der Waals surface area contributed by atoms with Crippen molar-refractivity contribution in [1.82, 2.24) is 0 Å². The molecule has 0 fully saturated rings. The van der Waals surface area contributed by atoms with Crippen molar-refractivity contribution in [3.63, 3.8) is 0 Å². The Bertz CT molecular complexity index is 609. The van der Waals surface area contributed by atoms with Crippen molar-refractivity contribution in [3.8, 4) is 0 Å². The van der Waals surface area contributed by atoms with E-state index >= 15 is 0 Å². The lowest BCUT2D eigenvalue weighted by Gasteiger charge is -2.24. The molecule has 10 heteroatoms. The highest BCUT2D eigenvalue weighted by atomic mass is 16.6. The van der Waals surface area contributed by atoms with Crippen molar-refractivity contribution in [2.24, 2.45) is 0 Å². The highest BCUT2D eigenvalue weighted by Gasteiger charge is 2.54. The minimum atomic E-state index is -3.61. The molecule has 1 aromatic carbocycles. The van der Waals surface area contributed by atoms with Gasteiger partial charge in [0.1, 0.15) is 0 Å². The summed E-state index contributed by atoms with van der Waals surface area (Å²) in [6.45, 7) is 0. The number of hydrogen-bond donors (Lipinski definition) is 4. The maximum absolute atomic E-state index is 11.9. The molecule has 0 aromatic heterocycles. The number of carbonyl (C=O) groups excluding carboxylic acids is 1. The molecule has 0 aliphatic heterocycles. The lowest BCUT2D eigenvalue weighted by atomic mass is 9.87. The van der Waals surface area contributed by atoms with E-state index in [-0.39, 0.29) is 0 Å². The standard InChI is InChI=1S/C11H9NO9/c13-7(5-1-3-6(4-2-5)12(20)21)11(19,10(17)18)8(14)9(15)16/h1-4,8,14,19H,(H,15,16)(H,17,18)/t8-,11+/m0/s1. The van der Waals surface area contributed by atoms with Crippen molar-refractivity contribution < 1.29 is 39.7 Å². The normalized spacial score (nSPS) is 14.8. The van der Waals surface area contributed by atoms with E-state index in [1.807, 2.05) is 0 Å². The third kappa shape index (κ3) is 2.85. The van der Waals surface area contributed by atoms with Gasteiger partial charge in [0.25, 0.3) is 11.3 Å². The summed E-state index contributed by atoms with van der Waals surface area (Å²) in [6, 6.07) is 3.40. The van der Waals surface area contributed by atoms with Gasteiger partial charge in [0.15, 0.2) is 6.10 Å². The largest absolute Gasteiger partial charge is 0.479 e. The zero-order valence-electron chi connectivity index (χ0n) is 10.2. The van der Waals surface area contributed by atoms with Gasteiger partial charge in [-0.05, 0) is 12.1 Å². The second kappa shape index (κ2) is 5.64. The molecule has 0 aliphatic rings. The average molecular weight is 299 g/mol. The summed E-state index contributed by atoms with van der Waals surface area (Å²) >= 11 is 0. The van der Waals surface area contributed by atoms with Crippen LogP contribution in [0.4, 0.5) is 5.69 Å². The molecule has 1 aromatic rings. The molecule has 4 N–H and O–H groups in total. The number of non-ortho nitro benzene ring substituents is 1. The molecule has 0 bridgehead atoms. The number of aliphatic carboxylic acids is 2. The number of aliphatic hydroxyl groups is 2. The number of carboxylic acids is 2. The van der Waals surface area contributed by atoms with Crippen LogP contribution in [0.25, 0.3) is 0 Å². The van der Waals surface area contributed by atoms with Crippen LogP contribution < -0.4 is 0 Å². The molecule has 0 radical (unpaired) electrons. The summed E-state index contributed by atoms with van der Waals surface area (Å²) in [7, 11) is 0. The van der Waals surface area contributed by atoms with Crippen LogP contribution in [-0.2, 0) is 9.59 Å². The van der Waals surface area contributed by atoms with Crippen molar-refractivity contribution >= 4 is 23.4 Å². The molecule has 0 aliphatic carbocycles. The first-order valence-corrected chi connectivity index (χ1v) is 5.28. The molecule has 2 atom stereocenters. The first kappa shape index (κ1) is 16.2. The molecular weight excluding hydrogens is 290 g/mol. The molecule has 0 unspecified atom stereocenters. The number of rotatable bonds is 6. The average Bonchev–Trinajstić information content (AvgIpc) is 2.44. The number of nitro benzene ring substituents is 1. The number of benzene rings is 1. The minimum Gasteiger partial charge on any atom is -0.479 e. The number of aliphatic hydroxyl groups excluding tert-OH is 1. The minimum absolute atomic E-state index is 0.399. The van der Waals surface area contributed by atoms with Crippen LogP contribution in [-0.4, -0.2) is 54.8 Å². The number of nitrogens with zero attached hydrogens (tertiary/aromatic N) is 1.